The zero-order valence-electron chi connectivity index (χ0n) is 37.9. The predicted octanol–water partition coefficient (Wildman–Crippen LogP) is 12.9. The number of hydrogen-bond acceptors (Lipinski definition) is 7. The molecule has 0 saturated carbocycles. The van der Waals surface area contributed by atoms with Gasteiger partial charge >= 0.3 is 31.9 Å². The Bertz CT molecular complexity index is 977. The van der Waals surface area contributed by atoms with Crippen LogP contribution in [0.25, 0.3) is 0 Å². The summed E-state index contributed by atoms with van der Waals surface area (Å²) in [5, 5.41) is 0.708. The third-order valence-electron chi connectivity index (χ3n) is 9.69. The summed E-state index contributed by atoms with van der Waals surface area (Å²) in [6, 6.07) is 7.19. The average Bonchev–Trinajstić information content (AvgIpc) is 3.15. The maximum Gasteiger partial charge on any atom is 0.416 e. The average molecular weight is 856 g/mol. The zero-order valence-corrected chi connectivity index (χ0v) is 40.9. The predicted molar refractivity (Wildman–Crippen MR) is 239 cm³/mol. The van der Waals surface area contributed by atoms with Gasteiger partial charge < -0.3 is 32.3 Å². The molecule has 56 heavy (non-hydrogen) atoms. The van der Waals surface area contributed by atoms with Crippen LogP contribution in [0.3, 0.4) is 0 Å². The van der Waals surface area contributed by atoms with E-state index in [1.54, 1.807) is 0 Å². The van der Waals surface area contributed by atoms with E-state index >= 15 is 0 Å². The van der Waals surface area contributed by atoms with E-state index < -0.39 is 37.4 Å². The highest BCUT2D eigenvalue weighted by molar-refractivity contribution is 6.80. The van der Waals surface area contributed by atoms with Crippen molar-refractivity contribution in [3.05, 3.63) is 29.8 Å². The highest BCUT2D eigenvalue weighted by Gasteiger charge is 2.36. The van der Waals surface area contributed by atoms with Gasteiger partial charge in [-0.3, -0.25) is 0 Å². The molecule has 0 heterocycles. The summed E-state index contributed by atoms with van der Waals surface area (Å²) in [5.74, 6) is 0. The van der Waals surface area contributed by atoms with Gasteiger partial charge in [0.2, 0.25) is 0 Å². The van der Waals surface area contributed by atoms with Crippen LogP contribution in [0.1, 0.15) is 163 Å². The Labute approximate surface area is 346 Å². The van der Waals surface area contributed by atoms with Gasteiger partial charge in [-0.15, -0.1) is 0 Å². The molecule has 0 amide bonds. The molecule has 1 aromatic rings. The molecule has 7 nitrogen and oxygen atoms in total. The van der Waals surface area contributed by atoms with E-state index in [2.05, 4.69) is 33.9 Å². The highest BCUT2D eigenvalue weighted by atomic mass is 28.4. The molecule has 1 rings (SSSR count). The molecule has 0 saturated heterocycles. The number of halogens is 3. The molecule has 1 aromatic carbocycles. The van der Waals surface area contributed by atoms with Crippen molar-refractivity contribution in [1.29, 1.82) is 0 Å². The Morgan fingerprint density at radius 3 is 1.04 bits per heavy atom. The van der Waals surface area contributed by atoms with E-state index in [0.717, 1.165) is 63.6 Å². The van der Waals surface area contributed by atoms with E-state index in [4.69, 9.17) is 32.3 Å². The molecule has 0 atom stereocenters. The molecule has 2 N–H and O–H groups in total. The van der Waals surface area contributed by atoms with Crippen LogP contribution in [0.2, 0.25) is 31.7 Å². The Balaban J connectivity index is 0. The van der Waals surface area contributed by atoms with Crippen LogP contribution in [0, 0.1) is 0 Å². The second-order valence-electron chi connectivity index (χ2n) is 14.8. The quantitative estimate of drug-likeness (QED) is 0.0557. The Kier molecular flexibility index (Phi) is 37.2. The number of alkyl halides is 3. The van der Waals surface area contributed by atoms with Gasteiger partial charge in [-0.2, -0.15) is 13.2 Å². The largest absolute Gasteiger partial charge is 0.416 e. The van der Waals surface area contributed by atoms with Crippen LogP contribution in [-0.2, 0) is 32.7 Å². The minimum atomic E-state index is -4.31. The van der Waals surface area contributed by atoms with E-state index in [1.165, 1.54) is 115 Å². The first-order valence-corrected chi connectivity index (χ1v) is 29.8. The van der Waals surface area contributed by atoms with Crippen molar-refractivity contribution in [3.8, 4) is 0 Å². The second-order valence-corrected chi connectivity index (χ2v) is 24.6. The molecule has 0 radical (unpaired) electrons. The van der Waals surface area contributed by atoms with Crippen molar-refractivity contribution < 1.29 is 39.7 Å². The van der Waals surface area contributed by atoms with E-state index in [-0.39, 0.29) is 0 Å². The molecule has 0 unspecified atom stereocenters. The lowest BCUT2D eigenvalue weighted by Crippen LogP contribution is -2.51. The van der Waals surface area contributed by atoms with Crippen molar-refractivity contribution >= 4 is 30.9 Å². The third kappa shape index (κ3) is 30.4. The zero-order chi connectivity index (χ0) is 42.6. The third-order valence-corrected chi connectivity index (χ3v) is 18.9. The number of benzene rings is 1. The molecule has 0 fully saturated rings. The lowest BCUT2D eigenvalue weighted by molar-refractivity contribution is -0.137. The van der Waals surface area contributed by atoms with Gasteiger partial charge in [0.25, 0.3) is 0 Å². The highest BCUT2D eigenvalue weighted by Crippen LogP contribution is 2.28. The Hall–Kier alpha value is -0.619. The Morgan fingerprint density at radius 2 is 0.750 bits per heavy atom. The normalized spacial score (nSPS) is 12.2. The number of unbranched alkanes of at least 4 members (excludes halogenated alkanes) is 15. The van der Waals surface area contributed by atoms with Crippen LogP contribution in [0.4, 0.5) is 13.2 Å². The molecule has 0 spiro atoms. The summed E-state index contributed by atoms with van der Waals surface area (Å²) in [7, 11) is -6.28. The molecule has 334 valence electrons. The topological polar surface area (TPSA) is 81.4 Å². The van der Waals surface area contributed by atoms with Crippen molar-refractivity contribution in [2.24, 2.45) is 5.73 Å². The monoisotopic (exact) mass is 856 g/mol. The lowest BCUT2D eigenvalue weighted by Gasteiger charge is -2.26. The maximum absolute atomic E-state index is 12.5. The number of rotatable bonds is 33. The fraction of sp³-hybridized carbons (Fsp3) is 0.860. The van der Waals surface area contributed by atoms with Crippen LogP contribution in [0.15, 0.2) is 24.3 Å². The minimum absolute atomic E-state index is 0.476. The van der Waals surface area contributed by atoms with Gasteiger partial charge in [-0.1, -0.05) is 122 Å². The van der Waals surface area contributed by atoms with E-state index in [0.29, 0.717) is 18.4 Å². The van der Waals surface area contributed by atoms with Crippen LogP contribution >= 0.6 is 0 Å². The Morgan fingerprint density at radius 1 is 0.446 bits per heavy atom. The van der Waals surface area contributed by atoms with Gasteiger partial charge in [-0.25, -0.2) is 0 Å². The standard InChI is InChI=1S/C23H50O2Si.C12H17F3O2Si.C8H21NO2Si/c1-5-8-9-10-11-12-13-14-15-16-17-18-19-20-21-22-23-26(4,24-6-2)25-7-3;1-4-16-18(3,17-5-2)11-8-6-10(7-9-11)12(13,14)15;1-4-10-12(3,11-5-2)8-6-7-9/h5-23H2,1-4H3;6-9H,4-5H2,1-3H3;4-9H2,1-3H3. The first-order valence-electron chi connectivity index (χ1n) is 22.4. The second kappa shape index (κ2) is 36.3. The van der Waals surface area contributed by atoms with Gasteiger partial charge in [0.1, 0.15) is 0 Å². The molecule has 0 aliphatic heterocycles. The molecule has 0 aromatic heterocycles. The molecule has 0 aliphatic carbocycles. The van der Waals surface area contributed by atoms with Gasteiger partial charge in [0.05, 0.1) is 5.56 Å². The number of nitrogens with two attached hydrogens (primary N) is 1. The van der Waals surface area contributed by atoms with Crippen molar-refractivity contribution in [2.75, 3.05) is 46.2 Å². The van der Waals surface area contributed by atoms with Crippen LogP contribution < -0.4 is 10.9 Å². The number of hydrogen-bond donors (Lipinski definition) is 1. The molecular weight excluding hydrogens is 768 g/mol. The van der Waals surface area contributed by atoms with Gasteiger partial charge in [0.15, 0.2) is 0 Å². The summed E-state index contributed by atoms with van der Waals surface area (Å²) in [6.45, 7) is 25.1. The summed E-state index contributed by atoms with van der Waals surface area (Å²) in [4.78, 5) is 0. The van der Waals surface area contributed by atoms with Gasteiger partial charge in [-0.05, 0) is 104 Å². The van der Waals surface area contributed by atoms with E-state index in [9.17, 15) is 13.2 Å². The molecule has 0 bridgehead atoms. The summed E-state index contributed by atoms with van der Waals surface area (Å²) < 4.78 is 71.7. The first-order chi connectivity index (χ1) is 26.7. The summed E-state index contributed by atoms with van der Waals surface area (Å²) >= 11 is 0. The van der Waals surface area contributed by atoms with Crippen LogP contribution in [0.5, 0.6) is 0 Å². The van der Waals surface area contributed by atoms with Crippen molar-refractivity contribution in [3.63, 3.8) is 0 Å². The van der Waals surface area contributed by atoms with Crippen molar-refractivity contribution in [2.45, 2.75) is 196 Å². The molecule has 0 aliphatic rings. The van der Waals surface area contributed by atoms with Gasteiger partial charge in [0, 0.05) is 39.6 Å². The maximum atomic E-state index is 12.5. The van der Waals surface area contributed by atoms with Crippen molar-refractivity contribution in [1.82, 2.24) is 0 Å². The van der Waals surface area contributed by atoms with E-state index in [1.807, 2.05) is 34.2 Å². The smallest absolute Gasteiger partial charge is 0.395 e. The SMILES string of the molecule is CCCCCCCCCCCCCCCCCC[Si](C)(OCC)OCC.CCO[Si](C)(CCCN)OCC.CCO[Si](C)(OCC)c1ccc(C(F)(F)F)cc1. The first kappa shape index (κ1) is 57.5. The lowest BCUT2D eigenvalue weighted by atomic mass is 10.0. The fourth-order valence-corrected chi connectivity index (χ4v) is 13.9. The summed E-state index contributed by atoms with van der Waals surface area (Å²) in [6.07, 6.45) is 19.5. The molecular formula is C43H88F3NO6Si3. The summed E-state index contributed by atoms with van der Waals surface area (Å²) in [5.41, 5.74) is 4.78. The van der Waals surface area contributed by atoms with Crippen LogP contribution in [-0.4, -0.2) is 71.9 Å². The molecule has 13 heteroatoms. The minimum Gasteiger partial charge on any atom is -0.395 e. The fourth-order valence-electron chi connectivity index (χ4n) is 6.73.